The zero-order valence-electron chi connectivity index (χ0n) is 11.2. The van der Waals surface area contributed by atoms with Crippen molar-refractivity contribution in [3.05, 3.63) is 0 Å². The fourth-order valence-corrected chi connectivity index (χ4v) is 1.43. The topological polar surface area (TPSA) is 21.3 Å². The summed E-state index contributed by atoms with van der Waals surface area (Å²) >= 11 is 0. The van der Waals surface area contributed by atoms with Gasteiger partial charge in [0, 0.05) is 19.2 Å². The first-order chi connectivity index (χ1) is 7.06. The predicted molar refractivity (Wildman–Crippen MR) is 67.2 cm³/mol. The lowest BCUT2D eigenvalue weighted by Gasteiger charge is -2.18. The van der Waals surface area contributed by atoms with Gasteiger partial charge in [0.05, 0.1) is 6.10 Å². The molecule has 1 atom stereocenters. The van der Waals surface area contributed by atoms with E-state index in [4.69, 9.17) is 4.74 Å². The van der Waals surface area contributed by atoms with Crippen molar-refractivity contribution in [1.82, 2.24) is 5.32 Å². The molecule has 0 saturated heterocycles. The Morgan fingerprint density at radius 3 is 2.27 bits per heavy atom. The van der Waals surface area contributed by atoms with Crippen LogP contribution in [0.2, 0.25) is 0 Å². The highest BCUT2D eigenvalue weighted by Crippen LogP contribution is 2.05. The maximum Gasteiger partial charge on any atom is 0.0696 e. The summed E-state index contributed by atoms with van der Waals surface area (Å²) in [6.07, 6.45) is 3.95. The molecule has 0 aliphatic rings. The Bertz CT molecular complexity index is 134. The van der Waals surface area contributed by atoms with E-state index in [1.165, 1.54) is 12.8 Å². The third kappa shape index (κ3) is 10.2. The molecule has 15 heavy (non-hydrogen) atoms. The van der Waals surface area contributed by atoms with Crippen LogP contribution in [0.3, 0.4) is 0 Å². The average Bonchev–Trinajstić information content (AvgIpc) is 2.16. The molecule has 0 aromatic carbocycles. The van der Waals surface area contributed by atoms with Gasteiger partial charge < -0.3 is 10.1 Å². The lowest BCUT2D eigenvalue weighted by molar-refractivity contribution is 0.0459. The second-order valence-electron chi connectivity index (χ2n) is 5.00. The fraction of sp³-hybridized carbons (Fsp3) is 1.00. The molecule has 1 N–H and O–H groups in total. The minimum absolute atomic E-state index is 0.388. The van der Waals surface area contributed by atoms with E-state index in [0.717, 1.165) is 25.5 Å². The summed E-state index contributed by atoms with van der Waals surface area (Å²) in [6, 6.07) is 0.554. The van der Waals surface area contributed by atoms with Crippen LogP contribution in [0.4, 0.5) is 0 Å². The van der Waals surface area contributed by atoms with Crippen molar-refractivity contribution in [2.45, 2.75) is 66.0 Å². The summed E-state index contributed by atoms with van der Waals surface area (Å²) < 4.78 is 5.83. The van der Waals surface area contributed by atoms with Gasteiger partial charge in [-0.3, -0.25) is 0 Å². The molecule has 0 spiro atoms. The second-order valence-corrected chi connectivity index (χ2v) is 5.00. The van der Waals surface area contributed by atoms with Crippen LogP contribution >= 0.6 is 0 Å². The first-order valence-corrected chi connectivity index (χ1v) is 6.41. The maximum atomic E-state index is 5.83. The fourth-order valence-electron chi connectivity index (χ4n) is 1.43. The van der Waals surface area contributed by atoms with Gasteiger partial charge in [-0.2, -0.15) is 0 Å². The molecule has 2 heteroatoms. The van der Waals surface area contributed by atoms with Gasteiger partial charge in [0.15, 0.2) is 0 Å². The number of nitrogens with one attached hydrogen (secondary N) is 1. The summed E-state index contributed by atoms with van der Waals surface area (Å²) in [4.78, 5) is 0. The summed E-state index contributed by atoms with van der Waals surface area (Å²) in [5.41, 5.74) is 0. The van der Waals surface area contributed by atoms with Crippen molar-refractivity contribution in [2.75, 3.05) is 13.2 Å². The van der Waals surface area contributed by atoms with Crippen molar-refractivity contribution in [1.29, 1.82) is 0 Å². The lowest BCUT2D eigenvalue weighted by atomic mass is 10.1. The van der Waals surface area contributed by atoms with Crippen LogP contribution in [0.1, 0.15) is 53.9 Å². The molecule has 0 fully saturated rings. The van der Waals surface area contributed by atoms with Crippen LogP contribution in [0.15, 0.2) is 0 Å². The maximum absolute atomic E-state index is 5.83. The molecule has 92 valence electrons. The van der Waals surface area contributed by atoms with E-state index in [-0.39, 0.29) is 0 Å². The molecule has 2 nitrogen and oxygen atoms in total. The quantitative estimate of drug-likeness (QED) is 0.596. The number of hydrogen-bond donors (Lipinski definition) is 1. The summed E-state index contributed by atoms with van der Waals surface area (Å²) in [6.45, 7) is 13.0. The standard InChI is InChI=1S/C13H29NO/c1-6-13(10-14-12(4)5)15-9-7-8-11(2)3/h11-14H,6-10H2,1-5H3. The van der Waals surface area contributed by atoms with Gasteiger partial charge >= 0.3 is 0 Å². The lowest BCUT2D eigenvalue weighted by Crippen LogP contribution is -2.33. The molecule has 0 aliphatic carbocycles. The van der Waals surface area contributed by atoms with Crippen molar-refractivity contribution in [3.63, 3.8) is 0 Å². The second kappa shape index (κ2) is 9.17. The molecule has 0 saturated carbocycles. The van der Waals surface area contributed by atoms with E-state index in [0.29, 0.717) is 12.1 Å². The zero-order valence-corrected chi connectivity index (χ0v) is 11.2. The van der Waals surface area contributed by atoms with Crippen LogP contribution in [0.25, 0.3) is 0 Å². The van der Waals surface area contributed by atoms with E-state index in [1.807, 2.05) is 0 Å². The van der Waals surface area contributed by atoms with E-state index in [2.05, 4.69) is 39.9 Å². The molecule has 0 bridgehead atoms. The van der Waals surface area contributed by atoms with Crippen LogP contribution in [0.5, 0.6) is 0 Å². The van der Waals surface area contributed by atoms with E-state index >= 15 is 0 Å². The Hall–Kier alpha value is -0.0800. The minimum atomic E-state index is 0.388. The molecule has 0 aromatic heterocycles. The summed E-state index contributed by atoms with van der Waals surface area (Å²) in [5.74, 6) is 0.794. The molecule has 0 heterocycles. The van der Waals surface area contributed by atoms with Gasteiger partial charge in [0.2, 0.25) is 0 Å². The van der Waals surface area contributed by atoms with Gasteiger partial charge in [-0.05, 0) is 25.2 Å². The highest BCUT2D eigenvalue weighted by molar-refractivity contribution is 4.62. The molecule has 0 amide bonds. The van der Waals surface area contributed by atoms with Crippen LogP contribution in [0, 0.1) is 5.92 Å². The highest BCUT2D eigenvalue weighted by atomic mass is 16.5. The zero-order chi connectivity index (χ0) is 11.7. The summed E-state index contributed by atoms with van der Waals surface area (Å²) in [5, 5.41) is 3.42. The number of rotatable bonds is 9. The smallest absolute Gasteiger partial charge is 0.0696 e. The Morgan fingerprint density at radius 2 is 1.80 bits per heavy atom. The minimum Gasteiger partial charge on any atom is -0.377 e. The highest BCUT2D eigenvalue weighted by Gasteiger charge is 2.06. The van der Waals surface area contributed by atoms with Crippen LogP contribution in [-0.4, -0.2) is 25.3 Å². The number of hydrogen-bond acceptors (Lipinski definition) is 2. The Kier molecular flexibility index (Phi) is 9.12. The normalized spacial score (nSPS) is 13.8. The predicted octanol–water partition coefficient (Wildman–Crippen LogP) is 3.22. The Morgan fingerprint density at radius 1 is 1.13 bits per heavy atom. The third-order valence-electron chi connectivity index (χ3n) is 2.49. The molecule has 1 unspecified atom stereocenters. The molecule has 0 rings (SSSR count). The first kappa shape index (κ1) is 14.9. The monoisotopic (exact) mass is 215 g/mol. The van der Waals surface area contributed by atoms with Gasteiger partial charge in [-0.25, -0.2) is 0 Å². The van der Waals surface area contributed by atoms with E-state index in [1.54, 1.807) is 0 Å². The Balaban J connectivity index is 3.44. The molecule has 0 radical (unpaired) electrons. The third-order valence-corrected chi connectivity index (χ3v) is 2.49. The van der Waals surface area contributed by atoms with Gasteiger partial charge in [-0.15, -0.1) is 0 Å². The van der Waals surface area contributed by atoms with Crippen molar-refractivity contribution in [3.8, 4) is 0 Å². The molecule has 0 aromatic rings. The Labute approximate surface area is 95.8 Å². The van der Waals surface area contributed by atoms with Crippen LogP contribution in [-0.2, 0) is 4.74 Å². The largest absolute Gasteiger partial charge is 0.377 e. The average molecular weight is 215 g/mol. The molecular formula is C13H29NO. The van der Waals surface area contributed by atoms with E-state index in [9.17, 15) is 0 Å². The summed E-state index contributed by atoms with van der Waals surface area (Å²) in [7, 11) is 0. The number of ether oxygens (including phenoxy) is 1. The van der Waals surface area contributed by atoms with Crippen LogP contribution < -0.4 is 5.32 Å². The van der Waals surface area contributed by atoms with Gasteiger partial charge in [0.25, 0.3) is 0 Å². The van der Waals surface area contributed by atoms with Gasteiger partial charge in [0.1, 0.15) is 0 Å². The van der Waals surface area contributed by atoms with Crippen molar-refractivity contribution >= 4 is 0 Å². The molecule has 0 aliphatic heterocycles. The van der Waals surface area contributed by atoms with Gasteiger partial charge in [-0.1, -0.05) is 34.6 Å². The molecular weight excluding hydrogens is 186 g/mol. The van der Waals surface area contributed by atoms with Crippen molar-refractivity contribution < 1.29 is 4.74 Å². The SMILES string of the molecule is CCC(CNC(C)C)OCCCC(C)C. The first-order valence-electron chi connectivity index (χ1n) is 6.41. The van der Waals surface area contributed by atoms with Crippen molar-refractivity contribution in [2.24, 2.45) is 5.92 Å². The van der Waals surface area contributed by atoms with E-state index < -0.39 is 0 Å².